The topological polar surface area (TPSA) is 50.1 Å². The van der Waals surface area contributed by atoms with Gasteiger partial charge in [-0.25, -0.2) is 0 Å². The van der Waals surface area contributed by atoms with Crippen molar-refractivity contribution in [3.05, 3.63) is 65.2 Å². The lowest BCUT2D eigenvalue weighted by molar-refractivity contribution is 0.105. The van der Waals surface area contributed by atoms with E-state index in [1.54, 1.807) is 18.2 Å². The maximum atomic E-state index is 11.5. The van der Waals surface area contributed by atoms with Crippen LogP contribution >= 0.6 is 0 Å². The highest BCUT2D eigenvalue weighted by Gasteiger charge is 2.11. The summed E-state index contributed by atoms with van der Waals surface area (Å²) in [6, 6.07) is 16.4. The first-order valence-corrected chi connectivity index (χ1v) is 5.93. The average molecular weight is 251 g/mol. The molecule has 0 aliphatic carbocycles. The maximum absolute atomic E-state index is 11.5. The summed E-state index contributed by atoms with van der Waals surface area (Å²) in [5, 5.41) is 8.68. The molecule has 0 N–H and O–H groups in total. The zero-order chi connectivity index (χ0) is 13.7. The molecule has 0 unspecified atom stereocenters. The summed E-state index contributed by atoms with van der Waals surface area (Å²) < 4.78 is 5.65. The lowest BCUT2D eigenvalue weighted by Crippen LogP contribution is -2.04. The van der Waals surface area contributed by atoms with E-state index in [1.165, 1.54) is 0 Å². The standard InChI is InChI=1S/C16H13NO2/c1-12-13(6-5-9-15(12)16(18)10-17)11-19-14-7-3-2-4-8-14/h2-9H,11H2,1H3. The van der Waals surface area contributed by atoms with Gasteiger partial charge < -0.3 is 4.74 Å². The van der Waals surface area contributed by atoms with E-state index in [-0.39, 0.29) is 0 Å². The summed E-state index contributed by atoms with van der Waals surface area (Å²) in [6.07, 6.45) is 0. The number of Topliss-reactive ketones (excluding diaryl/α,β-unsaturated/α-hetero) is 1. The Morgan fingerprint density at radius 2 is 1.89 bits per heavy atom. The number of benzene rings is 2. The smallest absolute Gasteiger partial charge is 0.262 e. The minimum atomic E-state index is -0.515. The Balaban J connectivity index is 2.18. The first-order valence-electron chi connectivity index (χ1n) is 5.93. The quantitative estimate of drug-likeness (QED) is 0.619. The Morgan fingerprint density at radius 3 is 2.58 bits per heavy atom. The predicted molar refractivity (Wildman–Crippen MR) is 71.9 cm³/mol. The van der Waals surface area contributed by atoms with Gasteiger partial charge in [-0.2, -0.15) is 5.26 Å². The van der Waals surface area contributed by atoms with Crippen molar-refractivity contribution in [3.63, 3.8) is 0 Å². The van der Waals surface area contributed by atoms with Crippen LogP contribution in [-0.4, -0.2) is 5.78 Å². The van der Waals surface area contributed by atoms with Gasteiger partial charge in [0.05, 0.1) is 0 Å². The fraction of sp³-hybridized carbons (Fsp3) is 0.125. The number of nitriles is 1. The number of hydrogen-bond donors (Lipinski definition) is 0. The lowest BCUT2D eigenvalue weighted by Gasteiger charge is -2.10. The summed E-state index contributed by atoms with van der Waals surface area (Å²) in [7, 11) is 0. The second kappa shape index (κ2) is 5.83. The molecule has 3 nitrogen and oxygen atoms in total. The second-order valence-corrected chi connectivity index (χ2v) is 4.13. The van der Waals surface area contributed by atoms with E-state index in [9.17, 15) is 4.79 Å². The third kappa shape index (κ3) is 2.99. The Kier molecular flexibility index (Phi) is 3.94. The minimum absolute atomic E-state index is 0.377. The first kappa shape index (κ1) is 12.8. The van der Waals surface area contributed by atoms with Gasteiger partial charge in [-0.05, 0) is 36.2 Å². The molecule has 0 amide bonds. The number of nitrogens with zero attached hydrogens (tertiary/aromatic N) is 1. The molecule has 3 heteroatoms. The number of ether oxygens (including phenoxy) is 1. The van der Waals surface area contributed by atoms with Crippen molar-refractivity contribution >= 4 is 5.78 Å². The molecule has 0 atom stereocenters. The summed E-state index contributed by atoms with van der Waals surface area (Å²) in [5.41, 5.74) is 2.14. The summed E-state index contributed by atoms with van der Waals surface area (Å²) in [6.45, 7) is 2.21. The summed E-state index contributed by atoms with van der Waals surface area (Å²) in [4.78, 5) is 11.5. The molecule has 0 bridgehead atoms. The molecule has 0 saturated carbocycles. The maximum Gasteiger partial charge on any atom is 0.262 e. The molecule has 2 rings (SSSR count). The number of ketones is 1. The van der Waals surface area contributed by atoms with Gasteiger partial charge >= 0.3 is 0 Å². The van der Waals surface area contributed by atoms with Gasteiger partial charge in [0.15, 0.2) is 0 Å². The van der Waals surface area contributed by atoms with Crippen LogP contribution in [0.3, 0.4) is 0 Å². The molecule has 0 fully saturated rings. The molecule has 2 aromatic rings. The highest BCUT2D eigenvalue weighted by atomic mass is 16.5. The van der Waals surface area contributed by atoms with E-state index in [1.807, 2.05) is 43.3 Å². The monoisotopic (exact) mass is 251 g/mol. The highest BCUT2D eigenvalue weighted by molar-refractivity contribution is 6.08. The molecule has 94 valence electrons. The van der Waals surface area contributed by atoms with Crippen LogP contribution in [-0.2, 0) is 6.61 Å². The van der Waals surface area contributed by atoms with Crippen LogP contribution in [0.25, 0.3) is 0 Å². The number of hydrogen-bond acceptors (Lipinski definition) is 3. The van der Waals surface area contributed by atoms with Gasteiger partial charge in [0.1, 0.15) is 18.4 Å². The van der Waals surface area contributed by atoms with Crippen molar-refractivity contribution in [2.24, 2.45) is 0 Å². The zero-order valence-corrected chi connectivity index (χ0v) is 10.6. The Bertz CT molecular complexity index is 627. The van der Waals surface area contributed by atoms with Gasteiger partial charge in [-0.1, -0.05) is 30.3 Å². The van der Waals surface area contributed by atoms with Crippen LogP contribution < -0.4 is 4.74 Å². The summed E-state index contributed by atoms with van der Waals surface area (Å²) in [5.74, 6) is 0.262. The predicted octanol–water partition coefficient (Wildman–Crippen LogP) is 3.28. The van der Waals surface area contributed by atoms with Crippen LogP contribution in [0, 0.1) is 18.3 Å². The molecule has 0 radical (unpaired) electrons. The number of carbonyl (C=O) groups excluding carboxylic acids is 1. The van der Waals surface area contributed by atoms with Crippen molar-refractivity contribution in [1.82, 2.24) is 0 Å². The van der Waals surface area contributed by atoms with E-state index >= 15 is 0 Å². The van der Waals surface area contributed by atoms with Crippen molar-refractivity contribution < 1.29 is 9.53 Å². The van der Waals surface area contributed by atoms with E-state index in [0.717, 1.165) is 16.9 Å². The second-order valence-electron chi connectivity index (χ2n) is 4.13. The van der Waals surface area contributed by atoms with Gasteiger partial charge in [0.2, 0.25) is 0 Å². The molecule has 2 aromatic carbocycles. The van der Waals surface area contributed by atoms with Crippen molar-refractivity contribution in [3.8, 4) is 11.8 Å². The summed E-state index contributed by atoms with van der Waals surface area (Å²) >= 11 is 0. The van der Waals surface area contributed by atoms with Gasteiger partial charge in [-0.15, -0.1) is 0 Å². The van der Waals surface area contributed by atoms with E-state index < -0.39 is 5.78 Å². The van der Waals surface area contributed by atoms with Crippen LogP contribution in [0.1, 0.15) is 21.5 Å². The molecule has 0 aromatic heterocycles. The van der Waals surface area contributed by atoms with Gasteiger partial charge in [0.25, 0.3) is 5.78 Å². The number of carbonyl (C=O) groups is 1. The normalized spacial score (nSPS) is 9.68. The molecule has 0 heterocycles. The van der Waals surface area contributed by atoms with Gasteiger partial charge in [-0.3, -0.25) is 4.79 Å². The molecular formula is C16H13NO2. The average Bonchev–Trinajstić information content (AvgIpc) is 2.46. The van der Waals surface area contributed by atoms with Gasteiger partial charge in [0, 0.05) is 5.56 Å². The fourth-order valence-corrected chi connectivity index (χ4v) is 1.82. The molecule has 0 saturated heterocycles. The molecule has 0 aliphatic heterocycles. The molecule has 0 aliphatic rings. The fourth-order valence-electron chi connectivity index (χ4n) is 1.82. The number of para-hydroxylation sites is 1. The SMILES string of the molecule is Cc1c(COc2ccccc2)cccc1C(=O)C#N. The van der Waals surface area contributed by atoms with E-state index in [2.05, 4.69) is 0 Å². The van der Waals surface area contributed by atoms with Crippen molar-refractivity contribution in [1.29, 1.82) is 5.26 Å². The van der Waals surface area contributed by atoms with Crippen LogP contribution in [0.2, 0.25) is 0 Å². The third-order valence-corrected chi connectivity index (χ3v) is 2.93. The largest absolute Gasteiger partial charge is 0.489 e. The van der Waals surface area contributed by atoms with Crippen molar-refractivity contribution in [2.45, 2.75) is 13.5 Å². The van der Waals surface area contributed by atoms with Crippen LogP contribution in [0.5, 0.6) is 5.75 Å². The number of rotatable bonds is 4. The molecule has 0 spiro atoms. The van der Waals surface area contributed by atoms with Crippen LogP contribution in [0.15, 0.2) is 48.5 Å². The Morgan fingerprint density at radius 1 is 1.16 bits per heavy atom. The molecular weight excluding hydrogens is 238 g/mol. The van der Waals surface area contributed by atoms with Crippen molar-refractivity contribution in [2.75, 3.05) is 0 Å². The van der Waals surface area contributed by atoms with E-state index in [0.29, 0.717) is 12.2 Å². The Hall–Kier alpha value is -2.60. The van der Waals surface area contributed by atoms with E-state index in [4.69, 9.17) is 10.00 Å². The van der Waals surface area contributed by atoms with Crippen LogP contribution in [0.4, 0.5) is 0 Å². The zero-order valence-electron chi connectivity index (χ0n) is 10.6. The third-order valence-electron chi connectivity index (χ3n) is 2.93. The first-order chi connectivity index (χ1) is 9.22. The Labute approximate surface area is 112 Å². The molecule has 19 heavy (non-hydrogen) atoms. The highest BCUT2D eigenvalue weighted by Crippen LogP contribution is 2.17. The lowest BCUT2D eigenvalue weighted by atomic mass is 10.0. The minimum Gasteiger partial charge on any atom is -0.489 e.